The van der Waals surface area contributed by atoms with Gasteiger partial charge >= 0.3 is 0 Å². The molecule has 92 valence electrons. The van der Waals surface area contributed by atoms with E-state index in [1.807, 2.05) is 0 Å². The minimum absolute atomic E-state index is 1.14. The molecule has 0 aliphatic heterocycles. The lowest BCUT2D eigenvalue weighted by Crippen LogP contribution is -1.82. The third-order valence-corrected chi connectivity index (χ3v) is 3.35. The van der Waals surface area contributed by atoms with Crippen LogP contribution in [0.4, 0.5) is 0 Å². The second-order valence-corrected chi connectivity index (χ2v) is 4.94. The van der Waals surface area contributed by atoms with Crippen LogP contribution in [-0.2, 0) is 0 Å². The van der Waals surface area contributed by atoms with Gasteiger partial charge in [-0.25, -0.2) is 0 Å². The molecule has 1 rings (SSSR count). The van der Waals surface area contributed by atoms with E-state index in [4.69, 9.17) is 0 Å². The summed E-state index contributed by atoms with van der Waals surface area (Å²) in [5.41, 5.74) is 0. The van der Waals surface area contributed by atoms with E-state index >= 15 is 0 Å². The largest absolute Gasteiger partial charge is 0.0882 e. The standard InChI is InChI=1S/C16H28/c1-2-4-6-8-10-12-14-16-15-13-11-9-7-5-3-1/h1-2,5,7H,3-4,6,8-16H2/b2-1+,7-5+. The van der Waals surface area contributed by atoms with Crippen LogP contribution in [0.15, 0.2) is 24.3 Å². The zero-order valence-corrected chi connectivity index (χ0v) is 10.8. The third kappa shape index (κ3) is 8.76. The van der Waals surface area contributed by atoms with Crippen LogP contribution in [-0.4, -0.2) is 0 Å². The van der Waals surface area contributed by atoms with Crippen LogP contribution in [0.5, 0.6) is 0 Å². The Kier molecular flexibility index (Phi) is 9.30. The van der Waals surface area contributed by atoms with Crippen LogP contribution >= 0.6 is 0 Å². The maximum Gasteiger partial charge on any atom is -0.0169 e. The lowest BCUT2D eigenvalue weighted by Gasteiger charge is -2.01. The molecule has 0 fully saturated rings. The van der Waals surface area contributed by atoms with Crippen molar-refractivity contribution in [2.24, 2.45) is 0 Å². The van der Waals surface area contributed by atoms with Crippen molar-refractivity contribution < 1.29 is 0 Å². The molecule has 16 heavy (non-hydrogen) atoms. The Balaban J connectivity index is 2.15. The van der Waals surface area contributed by atoms with Gasteiger partial charge in [-0.2, -0.15) is 0 Å². The first-order valence-electron chi connectivity index (χ1n) is 7.30. The first kappa shape index (κ1) is 13.5. The fourth-order valence-electron chi connectivity index (χ4n) is 2.27. The Morgan fingerprint density at radius 3 is 1.19 bits per heavy atom. The fourth-order valence-corrected chi connectivity index (χ4v) is 2.27. The Hall–Kier alpha value is -0.520. The van der Waals surface area contributed by atoms with E-state index in [0.717, 1.165) is 6.42 Å². The molecule has 0 saturated heterocycles. The highest BCUT2D eigenvalue weighted by Gasteiger charge is 1.92. The molecule has 0 unspecified atom stereocenters. The van der Waals surface area contributed by atoms with Crippen molar-refractivity contribution in [3.63, 3.8) is 0 Å². The first-order chi connectivity index (χ1) is 8.00. The second-order valence-electron chi connectivity index (χ2n) is 4.94. The van der Waals surface area contributed by atoms with Crippen LogP contribution in [0.25, 0.3) is 0 Å². The summed E-state index contributed by atoms with van der Waals surface area (Å²) in [6.45, 7) is 0. The number of hydrogen-bond donors (Lipinski definition) is 0. The molecule has 0 atom stereocenters. The molecule has 0 saturated carbocycles. The summed E-state index contributed by atoms with van der Waals surface area (Å²) in [4.78, 5) is 0. The van der Waals surface area contributed by atoms with Crippen LogP contribution < -0.4 is 0 Å². The zero-order valence-electron chi connectivity index (χ0n) is 10.8. The van der Waals surface area contributed by atoms with Gasteiger partial charge in [0.1, 0.15) is 0 Å². The molecule has 0 aromatic heterocycles. The van der Waals surface area contributed by atoms with Gasteiger partial charge in [-0.05, 0) is 32.1 Å². The number of allylic oxidation sites excluding steroid dienone is 4. The monoisotopic (exact) mass is 220 g/mol. The van der Waals surface area contributed by atoms with Crippen molar-refractivity contribution in [3.05, 3.63) is 24.3 Å². The van der Waals surface area contributed by atoms with E-state index in [1.165, 1.54) is 70.6 Å². The van der Waals surface area contributed by atoms with E-state index in [9.17, 15) is 0 Å². The van der Waals surface area contributed by atoms with Crippen LogP contribution in [0.2, 0.25) is 0 Å². The van der Waals surface area contributed by atoms with Crippen LogP contribution in [0.1, 0.15) is 77.0 Å². The van der Waals surface area contributed by atoms with Gasteiger partial charge in [-0.3, -0.25) is 0 Å². The van der Waals surface area contributed by atoms with Crippen molar-refractivity contribution in [1.82, 2.24) is 0 Å². The van der Waals surface area contributed by atoms with Crippen LogP contribution in [0.3, 0.4) is 0 Å². The highest BCUT2D eigenvalue weighted by molar-refractivity contribution is 4.92. The Labute approximate surface area is 102 Å². The molecule has 0 N–H and O–H groups in total. The van der Waals surface area contributed by atoms with E-state index in [-0.39, 0.29) is 0 Å². The SMILES string of the molecule is C1=C/CCCCCCCCCCC/C=C/C/1. The smallest absolute Gasteiger partial charge is 0.0169 e. The molecule has 0 heteroatoms. The topological polar surface area (TPSA) is 0 Å². The molecular formula is C16H28. The molecule has 0 aromatic rings. The molecule has 0 nitrogen and oxygen atoms in total. The van der Waals surface area contributed by atoms with Gasteiger partial charge in [0.25, 0.3) is 0 Å². The maximum absolute atomic E-state index is 2.36. The number of rotatable bonds is 0. The first-order valence-corrected chi connectivity index (χ1v) is 7.30. The maximum atomic E-state index is 2.36. The van der Waals surface area contributed by atoms with Crippen molar-refractivity contribution in [1.29, 1.82) is 0 Å². The summed E-state index contributed by atoms with van der Waals surface area (Å²) in [6.07, 6.45) is 26.0. The molecule has 1 aliphatic carbocycles. The zero-order chi connectivity index (χ0) is 11.3. The molecule has 0 radical (unpaired) electrons. The van der Waals surface area contributed by atoms with E-state index in [0.29, 0.717) is 0 Å². The molecular weight excluding hydrogens is 192 g/mol. The van der Waals surface area contributed by atoms with E-state index in [2.05, 4.69) is 24.3 Å². The van der Waals surface area contributed by atoms with E-state index < -0.39 is 0 Å². The summed E-state index contributed by atoms with van der Waals surface area (Å²) in [6, 6.07) is 0. The summed E-state index contributed by atoms with van der Waals surface area (Å²) in [5, 5.41) is 0. The van der Waals surface area contributed by atoms with Gasteiger partial charge in [0, 0.05) is 0 Å². The predicted octanol–water partition coefficient (Wildman–Crippen LogP) is 5.79. The van der Waals surface area contributed by atoms with Crippen molar-refractivity contribution in [2.45, 2.75) is 77.0 Å². The average Bonchev–Trinajstić information content (AvgIpc) is 2.29. The third-order valence-electron chi connectivity index (χ3n) is 3.35. The Bertz CT molecular complexity index is 168. The number of hydrogen-bond acceptors (Lipinski definition) is 0. The van der Waals surface area contributed by atoms with Crippen LogP contribution in [0, 0.1) is 0 Å². The predicted molar refractivity (Wildman–Crippen MR) is 73.7 cm³/mol. The molecule has 0 aromatic carbocycles. The normalized spacial score (nSPS) is 26.0. The van der Waals surface area contributed by atoms with Gasteiger partial charge < -0.3 is 0 Å². The van der Waals surface area contributed by atoms with Gasteiger partial charge in [0.2, 0.25) is 0 Å². The summed E-state index contributed by atoms with van der Waals surface area (Å²) in [5.74, 6) is 0. The highest BCUT2D eigenvalue weighted by Crippen LogP contribution is 2.12. The molecule has 0 bridgehead atoms. The van der Waals surface area contributed by atoms with E-state index in [1.54, 1.807) is 0 Å². The minimum atomic E-state index is 1.14. The Morgan fingerprint density at radius 1 is 0.375 bits per heavy atom. The fraction of sp³-hybridized carbons (Fsp3) is 0.750. The van der Waals surface area contributed by atoms with Crippen molar-refractivity contribution in [3.8, 4) is 0 Å². The van der Waals surface area contributed by atoms with Crippen molar-refractivity contribution in [2.75, 3.05) is 0 Å². The average molecular weight is 220 g/mol. The van der Waals surface area contributed by atoms with Gasteiger partial charge in [0.15, 0.2) is 0 Å². The molecule has 1 aliphatic rings. The lowest BCUT2D eigenvalue weighted by molar-refractivity contribution is 0.561. The van der Waals surface area contributed by atoms with Crippen molar-refractivity contribution >= 4 is 0 Å². The Morgan fingerprint density at radius 2 is 0.750 bits per heavy atom. The van der Waals surface area contributed by atoms with Gasteiger partial charge in [0.05, 0.1) is 0 Å². The quantitative estimate of drug-likeness (QED) is 0.453. The molecule has 0 spiro atoms. The summed E-state index contributed by atoms with van der Waals surface area (Å²) >= 11 is 0. The highest BCUT2D eigenvalue weighted by atomic mass is 14.0. The van der Waals surface area contributed by atoms with Gasteiger partial charge in [-0.15, -0.1) is 0 Å². The second kappa shape index (κ2) is 11.0. The summed E-state index contributed by atoms with van der Waals surface area (Å²) in [7, 11) is 0. The molecule has 0 amide bonds. The summed E-state index contributed by atoms with van der Waals surface area (Å²) < 4.78 is 0. The minimum Gasteiger partial charge on any atom is -0.0882 e. The lowest BCUT2D eigenvalue weighted by atomic mass is 10.0. The molecule has 0 heterocycles. The van der Waals surface area contributed by atoms with Gasteiger partial charge in [-0.1, -0.05) is 69.2 Å².